The Hall–Kier alpha value is -1.74. The van der Waals surface area contributed by atoms with Crippen LogP contribution in [0.25, 0.3) is 0 Å². The van der Waals surface area contributed by atoms with Gasteiger partial charge in [0.25, 0.3) is 6.43 Å². The highest BCUT2D eigenvalue weighted by molar-refractivity contribution is 5.50. The number of pyridine rings is 1. The van der Waals surface area contributed by atoms with Crippen LogP contribution in [0, 0.1) is 11.3 Å². The molecule has 0 radical (unpaired) electrons. The highest BCUT2D eigenvalue weighted by atomic mass is 19.3. The number of halogens is 2. The van der Waals surface area contributed by atoms with Crippen LogP contribution in [0.1, 0.15) is 23.4 Å². The normalized spacial score (nSPS) is 10.2. The molecule has 0 fully saturated rings. The molecular weight excluding hydrogens is 192 g/mol. The molecule has 0 amide bonds. The van der Waals surface area contributed by atoms with Gasteiger partial charge in [0.15, 0.2) is 0 Å². The van der Waals surface area contributed by atoms with Gasteiger partial charge in [-0.1, -0.05) is 0 Å². The Morgan fingerprint density at radius 3 is 2.71 bits per heavy atom. The van der Waals surface area contributed by atoms with E-state index in [1.54, 1.807) is 6.07 Å². The van der Waals surface area contributed by atoms with Gasteiger partial charge in [0, 0.05) is 0 Å². The Labute approximate surface area is 78.6 Å². The summed E-state index contributed by atoms with van der Waals surface area (Å²) in [6, 6.07) is 2.65. The molecular formula is C8H7F2N3O. The van der Waals surface area contributed by atoms with E-state index >= 15 is 0 Å². The molecule has 0 spiro atoms. The lowest BCUT2D eigenvalue weighted by molar-refractivity contribution is 0.145. The van der Waals surface area contributed by atoms with Crippen molar-refractivity contribution < 1.29 is 13.9 Å². The molecule has 0 aliphatic carbocycles. The fourth-order valence-corrected chi connectivity index (χ4v) is 0.965. The van der Waals surface area contributed by atoms with Crippen LogP contribution in [-0.4, -0.2) is 10.1 Å². The molecule has 1 aromatic heterocycles. The quantitative estimate of drug-likeness (QED) is 0.743. The smallest absolute Gasteiger partial charge is 0.281 e. The van der Waals surface area contributed by atoms with E-state index in [2.05, 4.69) is 4.98 Å². The fraction of sp³-hybridized carbons (Fsp3) is 0.250. The molecule has 4 nitrogen and oxygen atoms in total. The third-order valence-corrected chi connectivity index (χ3v) is 1.64. The number of rotatable bonds is 2. The first kappa shape index (κ1) is 10.3. The van der Waals surface area contributed by atoms with E-state index in [-0.39, 0.29) is 16.9 Å². The van der Waals surface area contributed by atoms with Crippen molar-refractivity contribution in [2.75, 3.05) is 5.73 Å². The highest BCUT2D eigenvalue weighted by Crippen LogP contribution is 2.23. The second kappa shape index (κ2) is 3.98. The van der Waals surface area contributed by atoms with Gasteiger partial charge in [-0.25, -0.2) is 13.8 Å². The lowest BCUT2D eigenvalue weighted by Gasteiger charge is -2.06. The van der Waals surface area contributed by atoms with Crippen LogP contribution >= 0.6 is 0 Å². The summed E-state index contributed by atoms with van der Waals surface area (Å²) >= 11 is 0. The van der Waals surface area contributed by atoms with Crippen molar-refractivity contribution >= 4 is 5.69 Å². The first-order valence-corrected chi connectivity index (χ1v) is 3.68. The van der Waals surface area contributed by atoms with E-state index in [0.717, 1.165) is 6.07 Å². The predicted octanol–water partition coefficient (Wildman–Crippen LogP) is 0.965. The molecule has 0 aliphatic rings. The van der Waals surface area contributed by atoms with Gasteiger partial charge in [-0.15, -0.1) is 0 Å². The lowest BCUT2D eigenvalue weighted by Crippen LogP contribution is -2.04. The van der Waals surface area contributed by atoms with Crippen LogP contribution in [0.3, 0.4) is 0 Å². The Kier molecular flexibility index (Phi) is 2.94. The van der Waals surface area contributed by atoms with Crippen LogP contribution in [0.2, 0.25) is 0 Å². The zero-order chi connectivity index (χ0) is 10.7. The maximum Gasteiger partial charge on any atom is 0.281 e. The molecule has 0 aromatic carbocycles. The minimum Gasteiger partial charge on any atom is -0.397 e. The lowest BCUT2D eigenvalue weighted by atomic mass is 10.1. The number of hydrogen-bond acceptors (Lipinski definition) is 4. The van der Waals surface area contributed by atoms with Crippen LogP contribution in [0.5, 0.6) is 0 Å². The summed E-state index contributed by atoms with van der Waals surface area (Å²) in [4.78, 5) is 3.41. The summed E-state index contributed by atoms with van der Waals surface area (Å²) < 4.78 is 24.7. The number of nitrogens with zero attached hydrogens (tertiary/aromatic N) is 2. The van der Waals surface area contributed by atoms with E-state index in [9.17, 15) is 8.78 Å². The molecule has 0 saturated heterocycles. The van der Waals surface area contributed by atoms with E-state index in [0.29, 0.717) is 0 Å². The zero-order valence-corrected chi connectivity index (χ0v) is 7.04. The van der Waals surface area contributed by atoms with Gasteiger partial charge in [-0.2, -0.15) is 5.26 Å². The van der Waals surface area contributed by atoms with Gasteiger partial charge in [-0.05, 0) is 6.07 Å². The summed E-state index contributed by atoms with van der Waals surface area (Å²) in [6.07, 6.45) is -2.85. The summed E-state index contributed by atoms with van der Waals surface area (Å²) in [5, 5.41) is 17.2. The van der Waals surface area contributed by atoms with Crippen LogP contribution < -0.4 is 5.73 Å². The topological polar surface area (TPSA) is 82.9 Å². The molecule has 14 heavy (non-hydrogen) atoms. The SMILES string of the molecule is N#Cc1cc(N)c(CO)nc1C(F)F. The standard InChI is InChI=1S/C8H7F2N3O/c9-8(10)7-4(2-11)1-5(12)6(3-14)13-7/h1,8,14H,3,12H2. The summed E-state index contributed by atoms with van der Waals surface area (Å²) in [5.74, 6) is 0. The van der Waals surface area contributed by atoms with Gasteiger partial charge in [-0.3, -0.25) is 0 Å². The number of nitrogens with two attached hydrogens (primary N) is 1. The number of aliphatic hydroxyl groups is 1. The second-order valence-electron chi connectivity index (χ2n) is 2.53. The number of alkyl halides is 2. The van der Waals surface area contributed by atoms with Crippen LogP contribution in [0.4, 0.5) is 14.5 Å². The minimum atomic E-state index is -2.85. The zero-order valence-electron chi connectivity index (χ0n) is 7.04. The molecule has 0 saturated carbocycles. The van der Waals surface area contributed by atoms with Crippen molar-refractivity contribution in [2.24, 2.45) is 0 Å². The molecule has 0 unspecified atom stereocenters. The van der Waals surface area contributed by atoms with E-state index in [1.807, 2.05) is 0 Å². The Balaban J connectivity index is 3.34. The van der Waals surface area contributed by atoms with Crippen LogP contribution in [0.15, 0.2) is 6.07 Å². The van der Waals surface area contributed by atoms with E-state index < -0.39 is 18.7 Å². The first-order valence-electron chi connectivity index (χ1n) is 3.68. The van der Waals surface area contributed by atoms with Crippen molar-refractivity contribution in [3.05, 3.63) is 23.0 Å². The summed E-state index contributed by atoms with van der Waals surface area (Å²) in [7, 11) is 0. The van der Waals surface area contributed by atoms with Crippen molar-refractivity contribution in [1.82, 2.24) is 4.98 Å². The Morgan fingerprint density at radius 1 is 1.64 bits per heavy atom. The van der Waals surface area contributed by atoms with Crippen molar-refractivity contribution in [3.8, 4) is 6.07 Å². The minimum absolute atomic E-state index is 0.0356. The number of anilines is 1. The molecule has 1 rings (SSSR count). The molecule has 0 atom stereocenters. The van der Waals surface area contributed by atoms with E-state index in [4.69, 9.17) is 16.1 Å². The first-order chi connectivity index (χ1) is 6.60. The predicted molar refractivity (Wildman–Crippen MR) is 44.2 cm³/mol. The molecule has 0 bridgehead atoms. The number of aromatic nitrogens is 1. The molecule has 1 heterocycles. The number of hydrogen-bond donors (Lipinski definition) is 2. The highest BCUT2D eigenvalue weighted by Gasteiger charge is 2.17. The molecule has 1 aromatic rings. The Morgan fingerprint density at radius 2 is 2.29 bits per heavy atom. The van der Waals surface area contributed by atoms with Crippen molar-refractivity contribution in [3.63, 3.8) is 0 Å². The Bertz CT molecular complexity index is 387. The summed E-state index contributed by atoms with van der Waals surface area (Å²) in [5.41, 5.74) is 4.44. The number of nitrogen functional groups attached to an aromatic ring is 1. The van der Waals surface area contributed by atoms with E-state index in [1.165, 1.54) is 0 Å². The second-order valence-corrected chi connectivity index (χ2v) is 2.53. The van der Waals surface area contributed by atoms with Crippen molar-refractivity contribution in [2.45, 2.75) is 13.0 Å². The van der Waals surface area contributed by atoms with Gasteiger partial charge in [0.2, 0.25) is 0 Å². The largest absolute Gasteiger partial charge is 0.397 e. The maximum absolute atomic E-state index is 12.3. The molecule has 74 valence electrons. The average molecular weight is 199 g/mol. The molecule has 3 N–H and O–H groups in total. The number of aliphatic hydroxyl groups excluding tert-OH is 1. The maximum atomic E-state index is 12.3. The monoisotopic (exact) mass is 199 g/mol. The van der Waals surface area contributed by atoms with Gasteiger partial charge in [0.1, 0.15) is 11.8 Å². The van der Waals surface area contributed by atoms with Crippen LogP contribution in [-0.2, 0) is 6.61 Å². The average Bonchev–Trinajstić information content (AvgIpc) is 2.16. The van der Waals surface area contributed by atoms with Gasteiger partial charge >= 0.3 is 0 Å². The third-order valence-electron chi connectivity index (χ3n) is 1.64. The molecule has 6 heteroatoms. The molecule has 0 aliphatic heterocycles. The van der Waals surface area contributed by atoms with Gasteiger partial charge < -0.3 is 10.8 Å². The third kappa shape index (κ3) is 1.78. The fourth-order valence-electron chi connectivity index (χ4n) is 0.965. The number of nitriles is 1. The van der Waals surface area contributed by atoms with Gasteiger partial charge in [0.05, 0.1) is 23.6 Å². The summed E-state index contributed by atoms with van der Waals surface area (Å²) in [6.45, 7) is -0.530. The van der Waals surface area contributed by atoms with Crippen molar-refractivity contribution in [1.29, 1.82) is 5.26 Å².